The van der Waals surface area contributed by atoms with Gasteiger partial charge in [-0.15, -0.1) is 0 Å². The van der Waals surface area contributed by atoms with Crippen molar-refractivity contribution in [2.45, 2.75) is 11.0 Å². The van der Waals surface area contributed by atoms with E-state index in [1.165, 1.54) is 28.2 Å². The number of β-amino-alcohol motifs (C(OH)–C–C–N with tert-alkyl or cyclic N) is 1. The largest absolute Gasteiger partial charge is 0.390 e. The minimum atomic E-state index is -3.79. The highest BCUT2D eigenvalue weighted by atomic mass is 32.2. The van der Waals surface area contributed by atoms with Crippen LogP contribution in [-0.4, -0.2) is 104 Å². The molecule has 0 bridgehead atoms. The third-order valence-electron chi connectivity index (χ3n) is 6.43. The second kappa shape index (κ2) is 10.8. The van der Waals surface area contributed by atoms with E-state index >= 15 is 0 Å². The van der Waals surface area contributed by atoms with E-state index in [9.17, 15) is 23.6 Å². The van der Waals surface area contributed by atoms with Gasteiger partial charge in [0.05, 0.1) is 15.9 Å². The van der Waals surface area contributed by atoms with Gasteiger partial charge in [0.2, 0.25) is 10.0 Å². The van der Waals surface area contributed by atoms with E-state index in [1.807, 2.05) is 18.2 Å². The number of rotatable bonds is 8. The highest BCUT2D eigenvalue weighted by Crippen LogP contribution is 2.22. The Hall–Kier alpha value is -2.57. The molecule has 2 aliphatic rings. The summed E-state index contributed by atoms with van der Waals surface area (Å²) >= 11 is 0. The molecule has 0 aromatic heterocycles. The third kappa shape index (κ3) is 5.91. The first-order chi connectivity index (χ1) is 16.3. The Labute approximate surface area is 200 Å². The normalized spacial score (nSPS) is 19.7. The lowest BCUT2D eigenvalue weighted by molar-refractivity contribution is -0.385. The first-order valence-corrected chi connectivity index (χ1v) is 12.9. The van der Waals surface area contributed by atoms with Crippen LogP contribution >= 0.6 is 0 Å². The zero-order valence-electron chi connectivity index (χ0n) is 19.1. The van der Waals surface area contributed by atoms with E-state index in [4.69, 9.17) is 0 Å². The number of hydrogen-bond acceptors (Lipinski definition) is 8. The van der Waals surface area contributed by atoms with Gasteiger partial charge in [-0.2, -0.15) is 4.31 Å². The van der Waals surface area contributed by atoms with Crippen LogP contribution in [0.2, 0.25) is 0 Å². The number of aliphatic hydroxyl groups is 1. The summed E-state index contributed by atoms with van der Waals surface area (Å²) in [5.41, 5.74) is 0.980. The van der Waals surface area contributed by atoms with Crippen LogP contribution in [-0.2, 0) is 10.0 Å². The van der Waals surface area contributed by atoms with Crippen LogP contribution in [0.1, 0.15) is 0 Å². The van der Waals surface area contributed by atoms with Crippen LogP contribution in [0.5, 0.6) is 0 Å². The molecule has 184 valence electrons. The zero-order valence-corrected chi connectivity index (χ0v) is 19.9. The molecule has 0 spiro atoms. The number of hydrogen-bond donors (Lipinski definition) is 1. The molecule has 2 aliphatic heterocycles. The summed E-state index contributed by atoms with van der Waals surface area (Å²) in [7, 11) is -3.79. The number of piperazine rings is 2. The molecule has 0 amide bonds. The Bertz CT molecular complexity index is 1070. The summed E-state index contributed by atoms with van der Waals surface area (Å²) in [4.78, 5) is 17.0. The van der Waals surface area contributed by atoms with E-state index < -0.39 is 21.1 Å². The van der Waals surface area contributed by atoms with Gasteiger partial charge in [-0.1, -0.05) is 24.3 Å². The van der Waals surface area contributed by atoms with Crippen molar-refractivity contribution in [3.8, 4) is 0 Å². The molecule has 0 saturated carbocycles. The standard InChI is InChI=1S/C23H31N5O5S/c29-22(18-24-9-13-26(14-10-24)20-5-2-1-3-6-20)19-25-11-15-27(16-12-25)34(32,33)23-8-4-7-21(17-23)28(30)31/h1-8,17,22,29H,9-16,18-19H2. The van der Waals surface area contributed by atoms with E-state index in [0.717, 1.165) is 32.2 Å². The number of non-ortho nitro benzene ring substituents is 1. The summed E-state index contributed by atoms with van der Waals surface area (Å²) in [6.07, 6.45) is -0.511. The Kier molecular flexibility index (Phi) is 7.79. The van der Waals surface area contributed by atoms with Crippen LogP contribution in [0.3, 0.4) is 0 Å². The van der Waals surface area contributed by atoms with Crippen LogP contribution in [0.25, 0.3) is 0 Å². The van der Waals surface area contributed by atoms with Gasteiger partial charge in [0.15, 0.2) is 0 Å². The quantitative estimate of drug-likeness (QED) is 0.433. The number of sulfonamides is 1. The predicted molar refractivity (Wildman–Crippen MR) is 129 cm³/mol. The first-order valence-electron chi connectivity index (χ1n) is 11.5. The maximum absolute atomic E-state index is 12.9. The average Bonchev–Trinajstić information content (AvgIpc) is 2.85. The van der Waals surface area contributed by atoms with E-state index in [1.54, 1.807) is 0 Å². The van der Waals surface area contributed by atoms with Crippen molar-refractivity contribution < 1.29 is 18.4 Å². The molecule has 1 atom stereocenters. The molecule has 4 rings (SSSR count). The lowest BCUT2D eigenvalue weighted by Crippen LogP contribution is -2.53. The fraction of sp³-hybridized carbons (Fsp3) is 0.478. The zero-order chi connectivity index (χ0) is 24.1. The van der Waals surface area contributed by atoms with Crippen molar-refractivity contribution in [3.63, 3.8) is 0 Å². The Morgan fingerprint density at radius 3 is 2.03 bits per heavy atom. The van der Waals surface area contributed by atoms with Gasteiger partial charge in [0.25, 0.3) is 5.69 Å². The second-order valence-corrected chi connectivity index (χ2v) is 10.7. The third-order valence-corrected chi connectivity index (χ3v) is 8.32. The molecule has 1 N–H and O–H groups in total. The minimum Gasteiger partial charge on any atom is -0.390 e. The van der Waals surface area contributed by atoms with Gasteiger partial charge in [-0.25, -0.2) is 8.42 Å². The molecule has 2 fully saturated rings. The summed E-state index contributed by atoms with van der Waals surface area (Å²) in [5.74, 6) is 0. The molecule has 10 nitrogen and oxygen atoms in total. The van der Waals surface area contributed by atoms with Crippen LogP contribution < -0.4 is 4.90 Å². The molecule has 0 radical (unpaired) electrons. The minimum absolute atomic E-state index is 0.0650. The van der Waals surface area contributed by atoms with Crippen LogP contribution in [0.15, 0.2) is 59.5 Å². The Balaban J connectivity index is 1.23. The molecule has 2 aromatic carbocycles. The Morgan fingerprint density at radius 1 is 0.853 bits per heavy atom. The monoisotopic (exact) mass is 489 g/mol. The fourth-order valence-corrected chi connectivity index (χ4v) is 6.00. The summed E-state index contributed by atoms with van der Waals surface area (Å²) in [5, 5.41) is 21.6. The molecule has 11 heteroatoms. The van der Waals surface area contributed by atoms with E-state index in [2.05, 4.69) is 26.8 Å². The molecule has 0 aliphatic carbocycles. The highest BCUT2D eigenvalue weighted by molar-refractivity contribution is 7.89. The van der Waals surface area contributed by atoms with Crippen LogP contribution in [0, 0.1) is 10.1 Å². The SMILES string of the molecule is O=[N+]([O-])c1cccc(S(=O)(=O)N2CCN(CC(O)CN3CCN(c4ccccc4)CC3)CC2)c1. The number of nitrogens with zero attached hydrogens (tertiary/aromatic N) is 5. The van der Waals surface area contributed by atoms with Crippen LogP contribution in [0.4, 0.5) is 11.4 Å². The molecule has 2 saturated heterocycles. The molecule has 1 unspecified atom stereocenters. The lowest BCUT2D eigenvalue weighted by Gasteiger charge is -2.38. The number of para-hydroxylation sites is 1. The van der Waals surface area contributed by atoms with Gasteiger partial charge in [0, 0.05) is 83.3 Å². The lowest BCUT2D eigenvalue weighted by atomic mass is 10.2. The van der Waals surface area contributed by atoms with Gasteiger partial charge in [-0.3, -0.25) is 19.9 Å². The van der Waals surface area contributed by atoms with Crippen molar-refractivity contribution >= 4 is 21.4 Å². The maximum atomic E-state index is 12.9. The molecule has 2 heterocycles. The van der Waals surface area contributed by atoms with Gasteiger partial charge in [0.1, 0.15) is 0 Å². The fourth-order valence-electron chi connectivity index (χ4n) is 4.54. The van der Waals surface area contributed by atoms with E-state index in [0.29, 0.717) is 26.2 Å². The number of nitro groups is 1. The Morgan fingerprint density at radius 2 is 1.44 bits per heavy atom. The number of nitro benzene ring substituents is 1. The highest BCUT2D eigenvalue weighted by Gasteiger charge is 2.30. The predicted octanol–water partition coefficient (Wildman–Crippen LogP) is 1.08. The smallest absolute Gasteiger partial charge is 0.270 e. The van der Waals surface area contributed by atoms with Crippen molar-refractivity contribution in [3.05, 3.63) is 64.7 Å². The van der Waals surface area contributed by atoms with Crippen molar-refractivity contribution in [1.29, 1.82) is 0 Å². The summed E-state index contributed by atoms with van der Waals surface area (Å²) < 4.78 is 27.2. The number of anilines is 1. The molecular weight excluding hydrogens is 458 g/mol. The number of benzene rings is 2. The molecule has 2 aromatic rings. The van der Waals surface area contributed by atoms with Crippen molar-refractivity contribution in [2.24, 2.45) is 0 Å². The molecule has 34 heavy (non-hydrogen) atoms. The average molecular weight is 490 g/mol. The van der Waals surface area contributed by atoms with Crippen molar-refractivity contribution in [1.82, 2.24) is 14.1 Å². The van der Waals surface area contributed by atoms with Gasteiger partial charge < -0.3 is 10.0 Å². The topological polar surface area (TPSA) is 110 Å². The van der Waals surface area contributed by atoms with E-state index in [-0.39, 0.29) is 23.7 Å². The second-order valence-electron chi connectivity index (χ2n) is 8.74. The summed E-state index contributed by atoms with van der Waals surface area (Å²) in [6.45, 7) is 6.29. The first kappa shape index (κ1) is 24.6. The maximum Gasteiger partial charge on any atom is 0.270 e. The molecular formula is C23H31N5O5S. The number of aliphatic hydroxyl groups excluding tert-OH is 1. The van der Waals surface area contributed by atoms with Gasteiger partial charge >= 0.3 is 0 Å². The summed E-state index contributed by atoms with van der Waals surface area (Å²) in [6, 6.07) is 15.5. The van der Waals surface area contributed by atoms with Gasteiger partial charge in [-0.05, 0) is 18.2 Å². The van der Waals surface area contributed by atoms with Crippen molar-refractivity contribution in [2.75, 3.05) is 70.3 Å².